The van der Waals surface area contributed by atoms with Gasteiger partial charge in [-0.05, 0) is 12.8 Å². The van der Waals surface area contributed by atoms with Crippen LogP contribution in [0.4, 0.5) is 0 Å². The van der Waals surface area contributed by atoms with Gasteiger partial charge in [-0.3, -0.25) is 9.59 Å². The molecule has 0 aromatic carbocycles. The van der Waals surface area contributed by atoms with Crippen molar-refractivity contribution >= 4 is 11.8 Å². The lowest BCUT2D eigenvalue weighted by Crippen LogP contribution is -2.40. The number of nitrogens with zero attached hydrogens (tertiary/aromatic N) is 3. The van der Waals surface area contributed by atoms with Crippen molar-refractivity contribution in [3.8, 4) is 0 Å². The highest BCUT2D eigenvalue weighted by Gasteiger charge is 2.34. The molecule has 7 nitrogen and oxygen atoms in total. The van der Waals surface area contributed by atoms with Gasteiger partial charge < -0.3 is 10.6 Å². The molecule has 0 saturated heterocycles. The average Bonchev–Trinajstić information content (AvgIpc) is 2.87. The van der Waals surface area contributed by atoms with Crippen molar-refractivity contribution in [2.45, 2.75) is 58.7 Å². The van der Waals surface area contributed by atoms with E-state index in [-0.39, 0.29) is 23.8 Å². The highest BCUT2D eigenvalue weighted by Crippen LogP contribution is 2.35. The summed E-state index contributed by atoms with van der Waals surface area (Å²) < 4.78 is 1.60. The first-order valence-corrected chi connectivity index (χ1v) is 7.55. The van der Waals surface area contributed by atoms with Crippen molar-refractivity contribution in [1.82, 2.24) is 25.6 Å². The van der Waals surface area contributed by atoms with Crippen molar-refractivity contribution in [3.05, 3.63) is 11.4 Å². The zero-order valence-corrected chi connectivity index (χ0v) is 12.3. The van der Waals surface area contributed by atoms with Crippen molar-refractivity contribution in [1.29, 1.82) is 0 Å². The van der Waals surface area contributed by atoms with Crippen LogP contribution in [0.1, 0.15) is 50.4 Å². The topological polar surface area (TPSA) is 88.9 Å². The molecule has 2 heterocycles. The standard InChI is InChI=1S/C14H21N5O2/c1-14(5-3-2-4-6-14)13(21)16-7-10-11-8-15-12(20)9-19(11)18-17-10/h2-9H2,1H3,(H,15,20)(H,16,21). The van der Waals surface area contributed by atoms with Crippen LogP contribution in [0.25, 0.3) is 0 Å². The molecule has 7 heteroatoms. The first-order valence-electron chi connectivity index (χ1n) is 7.55. The molecule has 0 unspecified atom stereocenters. The molecule has 1 fully saturated rings. The van der Waals surface area contributed by atoms with E-state index in [0.29, 0.717) is 13.1 Å². The summed E-state index contributed by atoms with van der Waals surface area (Å²) in [5, 5.41) is 13.8. The van der Waals surface area contributed by atoms with Crippen LogP contribution in [-0.2, 0) is 29.2 Å². The third-order valence-electron chi connectivity index (χ3n) is 4.59. The van der Waals surface area contributed by atoms with Crippen LogP contribution in [0, 0.1) is 5.41 Å². The molecule has 0 atom stereocenters. The Kier molecular flexibility index (Phi) is 3.65. The molecule has 0 radical (unpaired) electrons. The number of fused-ring (bicyclic) bond motifs is 1. The zero-order valence-electron chi connectivity index (χ0n) is 12.3. The minimum absolute atomic E-state index is 0.0577. The predicted molar refractivity (Wildman–Crippen MR) is 74.9 cm³/mol. The van der Waals surface area contributed by atoms with Crippen LogP contribution in [0.2, 0.25) is 0 Å². The number of carbonyl (C=O) groups is 2. The van der Waals surface area contributed by atoms with E-state index in [9.17, 15) is 9.59 Å². The summed E-state index contributed by atoms with van der Waals surface area (Å²) in [5.41, 5.74) is 1.37. The van der Waals surface area contributed by atoms with E-state index in [1.807, 2.05) is 6.92 Å². The van der Waals surface area contributed by atoms with Crippen LogP contribution in [0.15, 0.2) is 0 Å². The predicted octanol–water partition coefficient (Wildman–Crippen LogP) is 0.494. The Bertz CT molecular complexity index is 560. The van der Waals surface area contributed by atoms with Crippen molar-refractivity contribution < 1.29 is 9.59 Å². The Balaban J connectivity index is 1.63. The van der Waals surface area contributed by atoms with E-state index < -0.39 is 0 Å². The SMILES string of the molecule is CC1(C(=O)NCc2nnn3c2CNC(=O)C3)CCCCC1. The lowest BCUT2D eigenvalue weighted by molar-refractivity contribution is -0.132. The quantitative estimate of drug-likeness (QED) is 0.848. The molecular formula is C14H21N5O2. The van der Waals surface area contributed by atoms with Crippen molar-refractivity contribution in [3.63, 3.8) is 0 Å². The Labute approximate surface area is 123 Å². The summed E-state index contributed by atoms with van der Waals surface area (Å²) >= 11 is 0. The van der Waals surface area contributed by atoms with E-state index in [4.69, 9.17) is 0 Å². The Morgan fingerprint density at radius 3 is 2.90 bits per heavy atom. The molecule has 1 aromatic rings. The van der Waals surface area contributed by atoms with Gasteiger partial charge >= 0.3 is 0 Å². The summed E-state index contributed by atoms with van der Waals surface area (Å²) in [5.74, 6) is 0.0431. The highest BCUT2D eigenvalue weighted by atomic mass is 16.2. The number of aromatic nitrogens is 3. The fourth-order valence-electron chi connectivity index (χ4n) is 3.14. The lowest BCUT2D eigenvalue weighted by Gasteiger charge is -2.31. The largest absolute Gasteiger partial charge is 0.350 e. The fraction of sp³-hybridized carbons (Fsp3) is 0.714. The van der Waals surface area contributed by atoms with E-state index in [2.05, 4.69) is 20.9 Å². The van der Waals surface area contributed by atoms with Crippen LogP contribution in [0.5, 0.6) is 0 Å². The Morgan fingerprint density at radius 1 is 1.38 bits per heavy atom. The van der Waals surface area contributed by atoms with Gasteiger partial charge in [0.1, 0.15) is 12.2 Å². The molecule has 1 aliphatic carbocycles. The highest BCUT2D eigenvalue weighted by molar-refractivity contribution is 5.82. The molecule has 2 amide bonds. The summed E-state index contributed by atoms with van der Waals surface area (Å²) in [7, 11) is 0. The van der Waals surface area contributed by atoms with Gasteiger partial charge in [-0.1, -0.05) is 31.4 Å². The summed E-state index contributed by atoms with van der Waals surface area (Å²) in [4.78, 5) is 23.7. The minimum Gasteiger partial charge on any atom is -0.350 e. The summed E-state index contributed by atoms with van der Waals surface area (Å²) in [6.45, 7) is 3.05. The van der Waals surface area contributed by atoms with Crippen LogP contribution in [-0.4, -0.2) is 26.8 Å². The second-order valence-corrected chi connectivity index (χ2v) is 6.22. The molecular weight excluding hydrogens is 270 g/mol. The molecule has 0 bridgehead atoms. The molecule has 2 N–H and O–H groups in total. The molecule has 1 aliphatic heterocycles. The van der Waals surface area contributed by atoms with Gasteiger partial charge in [0.25, 0.3) is 0 Å². The molecule has 114 valence electrons. The van der Waals surface area contributed by atoms with E-state index >= 15 is 0 Å². The first kappa shape index (κ1) is 14.0. The Morgan fingerprint density at radius 2 is 2.14 bits per heavy atom. The number of hydrogen-bond acceptors (Lipinski definition) is 4. The number of hydrogen-bond donors (Lipinski definition) is 2. The number of amides is 2. The van der Waals surface area contributed by atoms with E-state index in [1.54, 1.807) is 4.68 Å². The second kappa shape index (κ2) is 5.46. The van der Waals surface area contributed by atoms with Gasteiger partial charge in [0.15, 0.2) is 0 Å². The molecule has 3 rings (SSSR count). The minimum atomic E-state index is -0.250. The van der Waals surface area contributed by atoms with Crippen molar-refractivity contribution in [2.75, 3.05) is 0 Å². The van der Waals surface area contributed by atoms with Crippen LogP contribution in [0.3, 0.4) is 0 Å². The molecule has 0 spiro atoms. The maximum atomic E-state index is 12.4. The third-order valence-corrected chi connectivity index (χ3v) is 4.59. The van der Waals surface area contributed by atoms with Gasteiger partial charge in [-0.2, -0.15) is 0 Å². The number of rotatable bonds is 3. The van der Waals surface area contributed by atoms with Gasteiger partial charge in [0.05, 0.1) is 18.8 Å². The maximum absolute atomic E-state index is 12.4. The fourth-order valence-corrected chi connectivity index (χ4v) is 3.14. The monoisotopic (exact) mass is 291 g/mol. The normalized spacial score (nSPS) is 20.5. The average molecular weight is 291 g/mol. The van der Waals surface area contributed by atoms with Gasteiger partial charge in [0, 0.05) is 5.41 Å². The molecule has 21 heavy (non-hydrogen) atoms. The number of carbonyl (C=O) groups excluding carboxylic acids is 2. The molecule has 1 aromatic heterocycles. The summed E-state index contributed by atoms with van der Waals surface area (Å²) in [6, 6.07) is 0. The second-order valence-electron chi connectivity index (χ2n) is 6.22. The molecule has 1 saturated carbocycles. The van der Waals surface area contributed by atoms with Crippen LogP contribution >= 0.6 is 0 Å². The smallest absolute Gasteiger partial charge is 0.242 e. The van der Waals surface area contributed by atoms with Gasteiger partial charge in [-0.25, -0.2) is 4.68 Å². The summed E-state index contributed by atoms with van der Waals surface area (Å²) in [6.07, 6.45) is 5.37. The maximum Gasteiger partial charge on any atom is 0.242 e. The van der Waals surface area contributed by atoms with Gasteiger partial charge in [0.2, 0.25) is 11.8 Å². The van der Waals surface area contributed by atoms with Gasteiger partial charge in [-0.15, -0.1) is 5.10 Å². The third kappa shape index (κ3) is 2.77. The number of nitrogens with one attached hydrogen (secondary N) is 2. The van der Waals surface area contributed by atoms with Crippen molar-refractivity contribution in [2.24, 2.45) is 5.41 Å². The zero-order chi connectivity index (χ0) is 14.9. The van der Waals surface area contributed by atoms with E-state index in [0.717, 1.165) is 37.1 Å². The van der Waals surface area contributed by atoms with E-state index in [1.165, 1.54) is 6.42 Å². The lowest BCUT2D eigenvalue weighted by atomic mass is 9.75. The Hall–Kier alpha value is -1.92. The molecule has 2 aliphatic rings. The first-order chi connectivity index (χ1) is 10.1. The van der Waals surface area contributed by atoms with Crippen LogP contribution < -0.4 is 10.6 Å².